The number of phenols is 1. The highest BCUT2D eigenvalue weighted by Gasteiger charge is 2.42. The molecule has 4 aromatic rings. The number of benzene rings is 3. The number of carbonyl (C=O) groups excluding carboxylic acids is 1. The number of hydrogen-bond acceptors (Lipinski definition) is 4. The number of H-pyrrole nitrogens is 1. The Kier molecular flexibility index (Phi) is 7.03. The topological polar surface area (TPSA) is 78.5 Å². The molecule has 1 aromatic heterocycles. The van der Waals surface area contributed by atoms with Gasteiger partial charge in [-0.05, 0) is 48.2 Å². The molecule has 6 nitrogen and oxygen atoms in total. The van der Waals surface area contributed by atoms with E-state index in [-0.39, 0.29) is 17.7 Å². The van der Waals surface area contributed by atoms with Gasteiger partial charge in [-0.2, -0.15) is 5.10 Å². The number of nitrogens with one attached hydrogen (secondary N) is 1. The Bertz CT molecular complexity index is 1330. The van der Waals surface area contributed by atoms with Crippen LogP contribution in [0.4, 0.5) is 0 Å². The number of hydrogen-bond donors (Lipinski definition) is 2. The minimum absolute atomic E-state index is 0.0885. The molecule has 5 rings (SSSR count). The second-order valence-corrected chi connectivity index (χ2v) is 9.14. The summed E-state index contributed by atoms with van der Waals surface area (Å²) >= 11 is 0. The molecule has 1 aliphatic heterocycles. The first-order valence-corrected chi connectivity index (χ1v) is 12.6. The molecule has 1 atom stereocenters. The molecule has 1 unspecified atom stereocenters. The molecular formula is C30H31N3O3. The second-order valence-electron chi connectivity index (χ2n) is 9.14. The number of ether oxygens (including phenoxy) is 1. The summed E-state index contributed by atoms with van der Waals surface area (Å²) in [6.07, 6.45) is 4.02. The third kappa shape index (κ3) is 4.71. The summed E-state index contributed by atoms with van der Waals surface area (Å²) < 4.78 is 6.04. The van der Waals surface area contributed by atoms with E-state index in [0.29, 0.717) is 30.1 Å². The standard InChI is InChI=1S/C30H31N3O3/c1-2-3-9-19-36-23-14-10-13-22(20-23)29-26-27(24-15-7-8-16-25(24)34)31-32-28(26)30(35)33(29)18-17-21-11-5-4-6-12-21/h4-8,10-16,20,29,34H,2-3,9,17-19H2,1H3,(H,31,32). The van der Waals surface area contributed by atoms with Crippen LogP contribution >= 0.6 is 0 Å². The van der Waals surface area contributed by atoms with E-state index < -0.39 is 0 Å². The molecule has 184 valence electrons. The van der Waals surface area contributed by atoms with Crippen molar-refractivity contribution in [2.75, 3.05) is 13.2 Å². The fourth-order valence-electron chi connectivity index (χ4n) is 4.86. The van der Waals surface area contributed by atoms with Gasteiger partial charge in [0.2, 0.25) is 0 Å². The van der Waals surface area contributed by atoms with Crippen molar-refractivity contribution in [1.82, 2.24) is 15.1 Å². The van der Waals surface area contributed by atoms with Gasteiger partial charge in [-0.15, -0.1) is 0 Å². The molecule has 0 spiro atoms. The predicted molar refractivity (Wildman–Crippen MR) is 140 cm³/mol. The molecule has 2 heterocycles. The number of aromatic amines is 1. The van der Waals surface area contributed by atoms with Crippen molar-refractivity contribution in [3.63, 3.8) is 0 Å². The third-order valence-corrected chi connectivity index (χ3v) is 6.70. The van der Waals surface area contributed by atoms with Crippen LogP contribution in [0.3, 0.4) is 0 Å². The maximum atomic E-state index is 13.6. The van der Waals surface area contributed by atoms with Gasteiger partial charge in [-0.1, -0.05) is 74.4 Å². The SMILES string of the molecule is CCCCCOc1cccc(C2c3c(-c4ccccc4O)n[nH]c3C(=O)N2CCc2ccccc2)c1. The molecule has 3 aromatic carbocycles. The number of amides is 1. The van der Waals surface area contributed by atoms with E-state index in [4.69, 9.17) is 4.74 Å². The van der Waals surface area contributed by atoms with Gasteiger partial charge in [0.15, 0.2) is 0 Å². The van der Waals surface area contributed by atoms with E-state index in [1.165, 1.54) is 5.56 Å². The summed E-state index contributed by atoms with van der Waals surface area (Å²) in [6.45, 7) is 3.39. The van der Waals surface area contributed by atoms with E-state index >= 15 is 0 Å². The lowest BCUT2D eigenvalue weighted by molar-refractivity contribution is 0.0745. The van der Waals surface area contributed by atoms with Crippen molar-refractivity contribution in [2.24, 2.45) is 0 Å². The fourth-order valence-corrected chi connectivity index (χ4v) is 4.86. The number of unbranched alkanes of at least 4 members (excludes halogenated alkanes) is 2. The normalized spacial score (nSPS) is 14.8. The Morgan fingerprint density at radius 2 is 1.81 bits per heavy atom. The molecule has 6 heteroatoms. The van der Waals surface area contributed by atoms with Gasteiger partial charge >= 0.3 is 0 Å². The van der Waals surface area contributed by atoms with E-state index in [1.807, 2.05) is 59.5 Å². The van der Waals surface area contributed by atoms with Crippen LogP contribution in [0.5, 0.6) is 11.5 Å². The summed E-state index contributed by atoms with van der Waals surface area (Å²) in [5.74, 6) is 0.836. The monoisotopic (exact) mass is 481 g/mol. The number of aromatic nitrogens is 2. The average molecular weight is 482 g/mol. The fraction of sp³-hybridized carbons (Fsp3) is 0.267. The number of nitrogens with zero attached hydrogens (tertiary/aromatic N) is 2. The molecule has 0 bridgehead atoms. The first-order valence-electron chi connectivity index (χ1n) is 12.6. The van der Waals surface area contributed by atoms with Crippen molar-refractivity contribution < 1.29 is 14.6 Å². The van der Waals surface area contributed by atoms with Crippen molar-refractivity contribution in [2.45, 2.75) is 38.6 Å². The van der Waals surface area contributed by atoms with Gasteiger partial charge in [0.25, 0.3) is 5.91 Å². The van der Waals surface area contributed by atoms with Crippen LogP contribution in [0.1, 0.15) is 59.4 Å². The Morgan fingerprint density at radius 1 is 1.00 bits per heavy atom. The molecule has 0 radical (unpaired) electrons. The minimum Gasteiger partial charge on any atom is -0.507 e. The van der Waals surface area contributed by atoms with Crippen molar-refractivity contribution in [1.29, 1.82) is 0 Å². The Balaban J connectivity index is 1.53. The number of aromatic hydroxyl groups is 1. The minimum atomic E-state index is -0.344. The molecule has 1 amide bonds. The maximum Gasteiger partial charge on any atom is 0.273 e. The number of rotatable bonds is 10. The number of carbonyl (C=O) groups is 1. The largest absolute Gasteiger partial charge is 0.507 e. The molecule has 0 saturated heterocycles. The van der Waals surface area contributed by atoms with Crippen LogP contribution in [0.2, 0.25) is 0 Å². The molecule has 0 aliphatic carbocycles. The summed E-state index contributed by atoms with van der Waals surface area (Å²) in [6, 6.07) is 24.9. The zero-order valence-corrected chi connectivity index (χ0v) is 20.5. The van der Waals surface area contributed by atoms with Gasteiger partial charge < -0.3 is 14.7 Å². The molecule has 36 heavy (non-hydrogen) atoms. The Hall–Kier alpha value is -4.06. The van der Waals surface area contributed by atoms with Crippen molar-refractivity contribution >= 4 is 5.91 Å². The molecule has 2 N–H and O–H groups in total. The lowest BCUT2D eigenvalue weighted by Gasteiger charge is -2.27. The first-order chi connectivity index (χ1) is 17.7. The van der Waals surface area contributed by atoms with Crippen LogP contribution in [0, 0.1) is 0 Å². The van der Waals surface area contributed by atoms with Crippen molar-refractivity contribution in [3.8, 4) is 22.8 Å². The quantitative estimate of drug-likeness (QED) is 0.267. The number of para-hydroxylation sites is 1. The lowest BCUT2D eigenvalue weighted by Crippen LogP contribution is -2.31. The summed E-state index contributed by atoms with van der Waals surface area (Å²) in [5, 5.41) is 18.0. The molecule has 0 saturated carbocycles. The number of fused-ring (bicyclic) bond motifs is 1. The lowest BCUT2D eigenvalue weighted by atomic mass is 9.95. The average Bonchev–Trinajstić information content (AvgIpc) is 3.45. The van der Waals surface area contributed by atoms with Gasteiger partial charge in [0, 0.05) is 17.7 Å². The molecular weight excluding hydrogens is 450 g/mol. The van der Waals surface area contributed by atoms with Gasteiger partial charge in [-0.3, -0.25) is 9.89 Å². The zero-order chi connectivity index (χ0) is 24.9. The van der Waals surface area contributed by atoms with Crippen LogP contribution in [0.15, 0.2) is 78.9 Å². The first kappa shape index (κ1) is 23.7. The van der Waals surface area contributed by atoms with Crippen molar-refractivity contribution in [3.05, 3.63) is 101 Å². The highest BCUT2D eigenvalue weighted by Crippen LogP contribution is 2.44. The summed E-state index contributed by atoms with van der Waals surface area (Å²) in [7, 11) is 0. The van der Waals surface area contributed by atoms with Crippen LogP contribution in [-0.4, -0.2) is 39.3 Å². The zero-order valence-electron chi connectivity index (χ0n) is 20.5. The van der Waals surface area contributed by atoms with Gasteiger partial charge in [-0.25, -0.2) is 0 Å². The summed E-state index contributed by atoms with van der Waals surface area (Å²) in [4.78, 5) is 15.5. The van der Waals surface area contributed by atoms with E-state index in [1.54, 1.807) is 12.1 Å². The van der Waals surface area contributed by atoms with Gasteiger partial charge in [0.1, 0.15) is 22.9 Å². The molecule has 0 fully saturated rings. The van der Waals surface area contributed by atoms with E-state index in [9.17, 15) is 9.90 Å². The maximum absolute atomic E-state index is 13.6. The predicted octanol–water partition coefficient (Wildman–Crippen LogP) is 6.14. The van der Waals surface area contributed by atoms with Crippen LogP contribution < -0.4 is 4.74 Å². The van der Waals surface area contributed by atoms with Crippen LogP contribution in [0.25, 0.3) is 11.3 Å². The highest BCUT2D eigenvalue weighted by atomic mass is 16.5. The van der Waals surface area contributed by atoms with Crippen LogP contribution in [-0.2, 0) is 6.42 Å². The van der Waals surface area contributed by atoms with E-state index in [2.05, 4.69) is 29.3 Å². The highest BCUT2D eigenvalue weighted by molar-refractivity contribution is 6.00. The van der Waals surface area contributed by atoms with Gasteiger partial charge in [0.05, 0.1) is 12.6 Å². The van der Waals surface area contributed by atoms with E-state index in [0.717, 1.165) is 42.6 Å². The smallest absolute Gasteiger partial charge is 0.273 e. The Morgan fingerprint density at radius 3 is 2.61 bits per heavy atom. The summed E-state index contributed by atoms with van der Waals surface area (Å²) in [5.41, 5.74) is 4.59. The molecule has 1 aliphatic rings. The second kappa shape index (κ2) is 10.7. The number of phenolic OH excluding ortho intramolecular Hbond substituents is 1. The Labute approximate surface area is 211 Å². The third-order valence-electron chi connectivity index (χ3n) is 6.70.